The van der Waals surface area contributed by atoms with Crippen molar-refractivity contribution in [2.24, 2.45) is 0 Å². The van der Waals surface area contributed by atoms with Crippen molar-refractivity contribution in [3.63, 3.8) is 0 Å². The van der Waals surface area contributed by atoms with Gasteiger partial charge in [-0.1, -0.05) is 34.5 Å². The third kappa shape index (κ3) is 4.11. The first-order valence-electron chi connectivity index (χ1n) is 10.9. The van der Waals surface area contributed by atoms with Crippen LogP contribution in [0.3, 0.4) is 0 Å². The molecular weight excluding hydrogens is 442 g/mol. The maximum absolute atomic E-state index is 10.5. The molecule has 1 N–H and O–H groups in total. The average Bonchev–Trinajstić information content (AvgIpc) is 2.97. The zero-order valence-electron chi connectivity index (χ0n) is 17.2. The van der Waals surface area contributed by atoms with E-state index in [0.717, 1.165) is 78.9 Å². The van der Waals surface area contributed by atoms with Gasteiger partial charge in [-0.2, -0.15) is 0 Å². The molecule has 0 bridgehead atoms. The van der Waals surface area contributed by atoms with E-state index in [9.17, 15) is 5.11 Å². The van der Waals surface area contributed by atoms with E-state index in [2.05, 4.69) is 52.6 Å². The summed E-state index contributed by atoms with van der Waals surface area (Å²) in [6.45, 7) is 6.74. The summed E-state index contributed by atoms with van der Waals surface area (Å²) >= 11 is 3.54. The van der Waals surface area contributed by atoms with Gasteiger partial charge in [0.25, 0.3) is 0 Å². The second-order valence-corrected chi connectivity index (χ2v) is 9.39. The number of aromatic hydroxyl groups is 1. The lowest BCUT2D eigenvalue weighted by molar-refractivity contribution is 0.118. The molecule has 158 valence electrons. The Morgan fingerprint density at radius 3 is 2.50 bits per heavy atom. The van der Waals surface area contributed by atoms with Gasteiger partial charge in [0, 0.05) is 55.7 Å². The molecule has 3 heterocycles. The van der Waals surface area contributed by atoms with Gasteiger partial charge in [-0.25, -0.2) is 0 Å². The number of rotatable bonds is 4. The highest BCUT2D eigenvalue weighted by molar-refractivity contribution is 9.10. The van der Waals surface area contributed by atoms with Crippen molar-refractivity contribution in [1.29, 1.82) is 0 Å². The number of benzene rings is 2. The Kier molecular flexibility index (Phi) is 5.76. The quantitative estimate of drug-likeness (QED) is 0.626. The molecule has 5 rings (SSSR count). The van der Waals surface area contributed by atoms with Crippen LogP contribution in [0.5, 0.6) is 5.75 Å². The number of piperazine rings is 1. The standard InChI is InChI=1S/C23H28BrN5O/c24-18-6-7-19-17(14-18)5-8-21(30)20(19)15-27-10-12-28(13-11-27)16-23-26-25-22-4-2-1-3-9-29(22)23/h5-8,14,30H,1-4,9-13,15-16H2. The van der Waals surface area contributed by atoms with Crippen LogP contribution in [-0.2, 0) is 26.1 Å². The highest BCUT2D eigenvalue weighted by atomic mass is 79.9. The summed E-state index contributed by atoms with van der Waals surface area (Å²) in [6, 6.07) is 10.1. The van der Waals surface area contributed by atoms with E-state index >= 15 is 0 Å². The molecule has 0 amide bonds. The topological polar surface area (TPSA) is 57.4 Å². The van der Waals surface area contributed by atoms with Crippen LogP contribution >= 0.6 is 15.9 Å². The Hall–Kier alpha value is -1.96. The molecule has 0 saturated carbocycles. The molecule has 1 aromatic heterocycles. The molecule has 0 radical (unpaired) electrons. The summed E-state index contributed by atoms with van der Waals surface area (Å²) in [7, 11) is 0. The zero-order chi connectivity index (χ0) is 20.5. The van der Waals surface area contributed by atoms with Gasteiger partial charge in [0.05, 0.1) is 6.54 Å². The van der Waals surface area contributed by atoms with Crippen molar-refractivity contribution >= 4 is 26.7 Å². The van der Waals surface area contributed by atoms with Crippen molar-refractivity contribution in [2.75, 3.05) is 26.2 Å². The van der Waals surface area contributed by atoms with E-state index in [1.807, 2.05) is 18.2 Å². The molecule has 30 heavy (non-hydrogen) atoms. The molecule has 0 unspecified atom stereocenters. The molecule has 0 atom stereocenters. The number of phenols is 1. The van der Waals surface area contributed by atoms with Crippen LogP contribution in [0.1, 0.15) is 36.5 Å². The number of fused-ring (bicyclic) bond motifs is 2. The Balaban J connectivity index is 1.24. The molecule has 0 spiro atoms. The van der Waals surface area contributed by atoms with Crippen LogP contribution in [-0.4, -0.2) is 55.8 Å². The van der Waals surface area contributed by atoms with Gasteiger partial charge >= 0.3 is 0 Å². The van der Waals surface area contributed by atoms with Gasteiger partial charge in [0.15, 0.2) is 0 Å². The normalized spacial score (nSPS) is 18.4. The predicted octanol–water partition coefficient (Wildman–Crippen LogP) is 3.94. The second-order valence-electron chi connectivity index (χ2n) is 8.48. The lowest BCUT2D eigenvalue weighted by Gasteiger charge is -2.34. The number of aromatic nitrogens is 3. The monoisotopic (exact) mass is 469 g/mol. The summed E-state index contributed by atoms with van der Waals surface area (Å²) in [5.74, 6) is 2.68. The number of phenolic OH excluding ortho intramolecular Hbond substituents is 1. The van der Waals surface area contributed by atoms with Gasteiger partial charge in [0.2, 0.25) is 0 Å². The van der Waals surface area contributed by atoms with Crippen molar-refractivity contribution in [3.05, 3.63) is 52.0 Å². The van der Waals surface area contributed by atoms with Crippen LogP contribution in [0.2, 0.25) is 0 Å². The maximum Gasteiger partial charge on any atom is 0.147 e. The summed E-state index contributed by atoms with van der Waals surface area (Å²) < 4.78 is 3.41. The summed E-state index contributed by atoms with van der Waals surface area (Å²) in [4.78, 5) is 4.93. The fourth-order valence-electron chi connectivity index (χ4n) is 4.71. The van der Waals surface area contributed by atoms with E-state index in [-0.39, 0.29) is 0 Å². The molecule has 6 nitrogen and oxygen atoms in total. The molecule has 2 aliphatic heterocycles. The molecule has 1 fully saturated rings. The van der Waals surface area contributed by atoms with Gasteiger partial charge < -0.3 is 9.67 Å². The van der Waals surface area contributed by atoms with Gasteiger partial charge in [-0.15, -0.1) is 10.2 Å². The largest absolute Gasteiger partial charge is 0.508 e. The van der Waals surface area contributed by atoms with Gasteiger partial charge in [0.1, 0.15) is 17.4 Å². The van der Waals surface area contributed by atoms with Crippen LogP contribution in [0.4, 0.5) is 0 Å². The van der Waals surface area contributed by atoms with E-state index in [0.29, 0.717) is 5.75 Å². The van der Waals surface area contributed by atoms with E-state index in [4.69, 9.17) is 0 Å². The minimum Gasteiger partial charge on any atom is -0.508 e. The summed E-state index contributed by atoms with van der Waals surface area (Å²) in [5, 5.41) is 21.7. The number of hydrogen-bond donors (Lipinski definition) is 1. The molecule has 2 aromatic carbocycles. The fourth-order valence-corrected chi connectivity index (χ4v) is 5.09. The van der Waals surface area contributed by atoms with Crippen molar-refractivity contribution in [1.82, 2.24) is 24.6 Å². The zero-order valence-corrected chi connectivity index (χ0v) is 18.8. The molecule has 1 saturated heterocycles. The second kappa shape index (κ2) is 8.65. The van der Waals surface area contributed by atoms with Crippen molar-refractivity contribution < 1.29 is 5.11 Å². The minimum absolute atomic E-state index is 0.387. The molecule has 7 heteroatoms. The van der Waals surface area contributed by atoms with Crippen LogP contribution in [0, 0.1) is 0 Å². The maximum atomic E-state index is 10.5. The third-order valence-electron chi connectivity index (χ3n) is 6.47. The first kappa shape index (κ1) is 20.0. The summed E-state index contributed by atoms with van der Waals surface area (Å²) in [6.07, 6.45) is 4.82. The van der Waals surface area contributed by atoms with E-state index in [1.54, 1.807) is 0 Å². The van der Waals surface area contributed by atoms with Crippen LogP contribution in [0.25, 0.3) is 10.8 Å². The highest BCUT2D eigenvalue weighted by Gasteiger charge is 2.22. The molecule has 2 aliphatic rings. The Labute approximate surface area is 185 Å². The highest BCUT2D eigenvalue weighted by Crippen LogP contribution is 2.30. The number of nitrogens with zero attached hydrogens (tertiary/aromatic N) is 5. The molecule has 3 aromatic rings. The number of aryl methyl sites for hydroxylation is 1. The minimum atomic E-state index is 0.387. The first-order chi connectivity index (χ1) is 14.7. The summed E-state index contributed by atoms with van der Waals surface area (Å²) in [5.41, 5.74) is 1.02. The SMILES string of the molecule is Oc1ccc2cc(Br)ccc2c1CN1CCN(Cc2nnc3n2CCCCC3)CC1. The Bertz CT molecular complexity index is 1040. The lowest BCUT2D eigenvalue weighted by Crippen LogP contribution is -2.45. The number of hydrogen-bond acceptors (Lipinski definition) is 5. The fraction of sp³-hybridized carbons (Fsp3) is 0.478. The van der Waals surface area contributed by atoms with Gasteiger partial charge in [-0.3, -0.25) is 9.80 Å². The van der Waals surface area contributed by atoms with Crippen LogP contribution in [0.15, 0.2) is 34.8 Å². The first-order valence-corrected chi connectivity index (χ1v) is 11.7. The smallest absolute Gasteiger partial charge is 0.147 e. The van der Waals surface area contributed by atoms with Crippen molar-refractivity contribution in [3.8, 4) is 5.75 Å². The Morgan fingerprint density at radius 1 is 0.867 bits per heavy atom. The average molecular weight is 470 g/mol. The number of halogens is 1. The molecular formula is C23H28BrN5O. The molecule has 0 aliphatic carbocycles. The lowest BCUT2D eigenvalue weighted by atomic mass is 10.0. The van der Waals surface area contributed by atoms with E-state index in [1.165, 1.54) is 25.1 Å². The van der Waals surface area contributed by atoms with Gasteiger partial charge in [-0.05, 0) is 41.8 Å². The third-order valence-corrected chi connectivity index (χ3v) is 6.96. The Morgan fingerprint density at radius 2 is 1.67 bits per heavy atom. The van der Waals surface area contributed by atoms with E-state index < -0.39 is 0 Å². The van der Waals surface area contributed by atoms with Crippen LogP contribution < -0.4 is 0 Å². The van der Waals surface area contributed by atoms with Crippen molar-refractivity contribution in [2.45, 2.75) is 45.3 Å². The predicted molar refractivity (Wildman–Crippen MR) is 121 cm³/mol.